The van der Waals surface area contributed by atoms with E-state index in [-0.39, 0.29) is 12.4 Å². The molecule has 0 aromatic heterocycles. The lowest BCUT2D eigenvalue weighted by Crippen LogP contribution is -2.25. The van der Waals surface area contributed by atoms with Crippen LogP contribution >= 0.6 is 0 Å². The van der Waals surface area contributed by atoms with Gasteiger partial charge in [0.1, 0.15) is 12.4 Å². The lowest BCUT2D eigenvalue weighted by molar-refractivity contribution is 0.139. The molecule has 0 heterocycles. The molecule has 110 valence electrons. The Labute approximate surface area is 124 Å². The minimum atomic E-state index is -0.408. The molecule has 0 aliphatic rings. The van der Waals surface area contributed by atoms with E-state index in [9.17, 15) is 9.90 Å². The quantitative estimate of drug-likeness (QED) is 0.801. The molecule has 0 fully saturated rings. The summed E-state index contributed by atoms with van der Waals surface area (Å²) in [5, 5.41) is 12.1. The van der Waals surface area contributed by atoms with Gasteiger partial charge in [0.15, 0.2) is 0 Å². The fraction of sp³-hybridized carbons (Fsp3) is 0.235. The lowest BCUT2D eigenvalue weighted by atomic mass is 10.1. The summed E-state index contributed by atoms with van der Waals surface area (Å²) in [4.78, 5) is 11.5. The van der Waals surface area contributed by atoms with Crippen LogP contribution in [0, 0.1) is 0 Å². The van der Waals surface area contributed by atoms with Crippen LogP contribution in [0.25, 0.3) is 0 Å². The summed E-state index contributed by atoms with van der Waals surface area (Å²) in [6.45, 7) is 0.822. The molecule has 0 saturated heterocycles. The molecule has 0 spiro atoms. The van der Waals surface area contributed by atoms with Crippen molar-refractivity contribution in [3.63, 3.8) is 0 Å². The second-order valence-corrected chi connectivity index (χ2v) is 4.76. The highest BCUT2D eigenvalue weighted by molar-refractivity contribution is 5.67. The SMILES string of the molecule is O=C(NCCCc1cccc(O)c1)OCc1ccccc1. The molecule has 1 amide bonds. The molecule has 0 saturated carbocycles. The normalized spacial score (nSPS) is 10.1. The molecular formula is C17H19NO3. The number of benzene rings is 2. The Morgan fingerprint density at radius 3 is 2.57 bits per heavy atom. The second-order valence-electron chi connectivity index (χ2n) is 4.76. The topological polar surface area (TPSA) is 58.6 Å². The Morgan fingerprint density at radius 2 is 1.81 bits per heavy atom. The third kappa shape index (κ3) is 5.57. The fourth-order valence-corrected chi connectivity index (χ4v) is 1.97. The zero-order valence-corrected chi connectivity index (χ0v) is 11.8. The number of carbonyl (C=O) groups is 1. The monoisotopic (exact) mass is 285 g/mol. The molecular weight excluding hydrogens is 266 g/mol. The Balaban J connectivity index is 1.61. The van der Waals surface area contributed by atoms with Crippen molar-refractivity contribution < 1.29 is 14.6 Å². The number of nitrogens with one attached hydrogen (secondary N) is 1. The molecule has 2 rings (SSSR count). The second kappa shape index (κ2) is 7.94. The first kappa shape index (κ1) is 14.9. The molecule has 4 nitrogen and oxygen atoms in total. The standard InChI is InChI=1S/C17H19NO3/c19-16-10-4-8-14(12-16)9-5-11-18-17(20)21-13-15-6-2-1-3-7-15/h1-4,6-8,10,12,19H,5,9,11,13H2,(H,18,20). The third-order valence-electron chi connectivity index (χ3n) is 3.03. The Kier molecular flexibility index (Phi) is 5.64. The van der Waals surface area contributed by atoms with Crippen LogP contribution in [0.2, 0.25) is 0 Å². The van der Waals surface area contributed by atoms with Gasteiger partial charge in [-0.3, -0.25) is 0 Å². The third-order valence-corrected chi connectivity index (χ3v) is 3.03. The van der Waals surface area contributed by atoms with E-state index in [0.29, 0.717) is 6.54 Å². The molecule has 4 heteroatoms. The van der Waals surface area contributed by atoms with Crippen molar-refractivity contribution >= 4 is 6.09 Å². The van der Waals surface area contributed by atoms with Crippen LogP contribution in [0.5, 0.6) is 5.75 Å². The zero-order valence-electron chi connectivity index (χ0n) is 11.8. The molecule has 0 bridgehead atoms. The number of rotatable bonds is 6. The number of amides is 1. The fourth-order valence-electron chi connectivity index (χ4n) is 1.97. The van der Waals surface area contributed by atoms with Crippen LogP contribution in [-0.4, -0.2) is 17.7 Å². The van der Waals surface area contributed by atoms with Crippen molar-refractivity contribution in [1.82, 2.24) is 5.32 Å². The number of ether oxygens (including phenoxy) is 1. The maximum atomic E-state index is 11.5. The summed E-state index contributed by atoms with van der Waals surface area (Å²) >= 11 is 0. The maximum Gasteiger partial charge on any atom is 0.407 e. The van der Waals surface area contributed by atoms with Gasteiger partial charge in [-0.2, -0.15) is 0 Å². The van der Waals surface area contributed by atoms with Gasteiger partial charge in [-0.05, 0) is 36.1 Å². The number of aromatic hydroxyl groups is 1. The number of alkyl carbamates (subject to hydrolysis) is 1. The summed E-state index contributed by atoms with van der Waals surface area (Å²) < 4.78 is 5.11. The van der Waals surface area contributed by atoms with E-state index in [0.717, 1.165) is 24.0 Å². The van der Waals surface area contributed by atoms with Gasteiger partial charge in [0.05, 0.1) is 0 Å². The van der Waals surface area contributed by atoms with Crippen molar-refractivity contribution in [2.45, 2.75) is 19.4 Å². The summed E-state index contributed by atoms with van der Waals surface area (Å²) in [5.41, 5.74) is 2.02. The van der Waals surface area contributed by atoms with E-state index in [1.807, 2.05) is 42.5 Å². The van der Waals surface area contributed by atoms with Crippen LogP contribution in [-0.2, 0) is 17.8 Å². The van der Waals surface area contributed by atoms with E-state index >= 15 is 0 Å². The van der Waals surface area contributed by atoms with Gasteiger partial charge < -0.3 is 15.2 Å². The average molecular weight is 285 g/mol. The lowest BCUT2D eigenvalue weighted by Gasteiger charge is -2.07. The Bertz CT molecular complexity index is 569. The molecule has 0 aliphatic carbocycles. The highest BCUT2D eigenvalue weighted by Gasteiger charge is 2.02. The average Bonchev–Trinajstić information content (AvgIpc) is 2.51. The minimum absolute atomic E-state index is 0.266. The van der Waals surface area contributed by atoms with E-state index in [2.05, 4.69) is 5.32 Å². The first-order chi connectivity index (χ1) is 10.2. The van der Waals surface area contributed by atoms with Crippen molar-refractivity contribution in [1.29, 1.82) is 0 Å². The van der Waals surface area contributed by atoms with E-state index in [1.54, 1.807) is 12.1 Å². The molecule has 2 aromatic carbocycles. The maximum absolute atomic E-state index is 11.5. The smallest absolute Gasteiger partial charge is 0.407 e. The summed E-state index contributed by atoms with van der Waals surface area (Å²) in [6, 6.07) is 16.7. The zero-order chi connectivity index (χ0) is 14.9. The summed E-state index contributed by atoms with van der Waals surface area (Å²) in [6.07, 6.45) is 1.19. The van der Waals surface area contributed by atoms with E-state index in [4.69, 9.17) is 4.74 Å². The highest BCUT2D eigenvalue weighted by atomic mass is 16.5. The minimum Gasteiger partial charge on any atom is -0.508 e. The number of phenolic OH excluding ortho intramolecular Hbond substituents is 1. The molecule has 0 radical (unpaired) electrons. The predicted octanol–water partition coefficient (Wildman–Crippen LogP) is 3.25. The van der Waals surface area contributed by atoms with Crippen molar-refractivity contribution in [2.24, 2.45) is 0 Å². The van der Waals surface area contributed by atoms with Gasteiger partial charge in [0, 0.05) is 6.54 Å². The Hall–Kier alpha value is -2.49. The van der Waals surface area contributed by atoms with Crippen molar-refractivity contribution in [3.05, 3.63) is 65.7 Å². The number of hydrogen-bond acceptors (Lipinski definition) is 3. The van der Waals surface area contributed by atoms with Gasteiger partial charge in [-0.1, -0.05) is 42.5 Å². The summed E-state index contributed by atoms with van der Waals surface area (Å²) in [5.74, 6) is 0.266. The molecule has 21 heavy (non-hydrogen) atoms. The van der Waals surface area contributed by atoms with Crippen LogP contribution < -0.4 is 5.32 Å². The van der Waals surface area contributed by atoms with Crippen LogP contribution in [0.1, 0.15) is 17.5 Å². The van der Waals surface area contributed by atoms with Crippen LogP contribution in [0.15, 0.2) is 54.6 Å². The van der Waals surface area contributed by atoms with Gasteiger partial charge in [-0.25, -0.2) is 4.79 Å². The Morgan fingerprint density at radius 1 is 1.05 bits per heavy atom. The number of carbonyl (C=O) groups excluding carboxylic acids is 1. The largest absolute Gasteiger partial charge is 0.508 e. The van der Waals surface area contributed by atoms with Gasteiger partial charge >= 0.3 is 6.09 Å². The molecule has 2 aromatic rings. The van der Waals surface area contributed by atoms with Crippen LogP contribution in [0.3, 0.4) is 0 Å². The van der Waals surface area contributed by atoms with Gasteiger partial charge in [-0.15, -0.1) is 0 Å². The summed E-state index contributed by atoms with van der Waals surface area (Å²) in [7, 11) is 0. The number of phenols is 1. The molecule has 2 N–H and O–H groups in total. The molecule has 0 unspecified atom stereocenters. The van der Waals surface area contributed by atoms with Crippen molar-refractivity contribution in [2.75, 3.05) is 6.54 Å². The van der Waals surface area contributed by atoms with Crippen LogP contribution in [0.4, 0.5) is 4.79 Å². The number of hydrogen-bond donors (Lipinski definition) is 2. The number of aryl methyl sites for hydroxylation is 1. The molecule has 0 atom stereocenters. The van der Waals surface area contributed by atoms with Crippen molar-refractivity contribution in [3.8, 4) is 5.75 Å². The highest BCUT2D eigenvalue weighted by Crippen LogP contribution is 2.12. The first-order valence-electron chi connectivity index (χ1n) is 6.96. The predicted molar refractivity (Wildman–Crippen MR) is 81.1 cm³/mol. The van der Waals surface area contributed by atoms with Gasteiger partial charge in [0.2, 0.25) is 0 Å². The first-order valence-corrected chi connectivity index (χ1v) is 6.96. The van der Waals surface area contributed by atoms with E-state index in [1.165, 1.54) is 0 Å². The molecule has 0 aliphatic heterocycles. The van der Waals surface area contributed by atoms with E-state index < -0.39 is 6.09 Å². The van der Waals surface area contributed by atoms with Gasteiger partial charge in [0.25, 0.3) is 0 Å².